The molecule has 0 radical (unpaired) electrons. The molecular weight excluding hydrogens is 414 g/mol. The van der Waals surface area contributed by atoms with Gasteiger partial charge in [0.05, 0.1) is 29.5 Å². The number of anilines is 2. The SMILES string of the molecule is COc1ccccc1NS(=O)(=O)c1ccc(O)c(NC(=S)NC[C@H]2CCCO2)c1. The molecule has 3 rings (SSSR count). The Hall–Kier alpha value is -2.56. The summed E-state index contributed by atoms with van der Waals surface area (Å²) in [4.78, 5) is -0.0365. The molecule has 0 amide bonds. The molecular formula is C19H23N3O5S2. The third-order valence-electron chi connectivity index (χ3n) is 4.39. The van der Waals surface area contributed by atoms with Crippen molar-refractivity contribution in [2.45, 2.75) is 23.8 Å². The van der Waals surface area contributed by atoms with Gasteiger partial charge < -0.3 is 25.2 Å². The number of ether oxygens (including phenoxy) is 2. The van der Waals surface area contributed by atoms with E-state index in [1.807, 2.05) is 0 Å². The van der Waals surface area contributed by atoms with Crippen molar-refractivity contribution >= 4 is 38.7 Å². The van der Waals surface area contributed by atoms with Crippen molar-refractivity contribution in [3.8, 4) is 11.5 Å². The lowest BCUT2D eigenvalue weighted by atomic mass is 10.2. The maximum Gasteiger partial charge on any atom is 0.262 e. The molecule has 0 bridgehead atoms. The van der Waals surface area contributed by atoms with E-state index in [2.05, 4.69) is 15.4 Å². The zero-order valence-corrected chi connectivity index (χ0v) is 17.5. The number of para-hydroxylation sites is 2. The fourth-order valence-corrected chi connectivity index (χ4v) is 4.18. The van der Waals surface area contributed by atoms with E-state index < -0.39 is 10.0 Å². The zero-order valence-electron chi connectivity index (χ0n) is 15.8. The third kappa shape index (κ3) is 5.49. The normalized spacial score (nSPS) is 16.2. The van der Waals surface area contributed by atoms with Crippen LogP contribution in [0.5, 0.6) is 11.5 Å². The topological polar surface area (TPSA) is 109 Å². The highest BCUT2D eigenvalue weighted by molar-refractivity contribution is 7.92. The largest absolute Gasteiger partial charge is 0.506 e. The van der Waals surface area contributed by atoms with Crippen LogP contribution in [-0.4, -0.2) is 45.0 Å². The first-order chi connectivity index (χ1) is 13.9. The fourth-order valence-electron chi connectivity index (χ4n) is 2.89. The molecule has 0 unspecified atom stereocenters. The number of sulfonamides is 1. The number of benzene rings is 2. The molecule has 29 heavy (non-hydrogen) atoms. The van der Waals surface area contributed by atoms with Gasteiger partial charge in [-0.05, 0) is 55.4 Å². The summed E-state index contributed by atoms with van der Waals surface area (Å²) in [5, 5.41) is 16.2. The molecule has 2 aromatic carbocycles. The van der Waals surface area contributed by atoms with Crippen molar-refractivity contribution in [1.29, 1.82) is 0 Å². The maximum absolute atomic E-state index is 12.8. The second-order valence-electron chi connectivity index (χ2n) is 6.45. The van der Waals surface area contributed by atoms with Gasteiger partial charge in [0.15, 0.2) is 5.11 Å². The second-order valence-corrected chi connectivity index (χ2v) is 8.55. The molecule has 0 aromatic heterocycles. The summed E-state index contributed by atoms with van der Waals surface area (Å²) in [5.74, 6) is 0.273. The van der Waals surface area contributed by atoms with E-state index in [0.29, 0.717) is 18.0 Å². The van der Waals surface area contributed by atoms with Crippen molar-refractivity contribution in [3.05, 3.63) is 42.5 Å². The highest BCUT2D eigenvalue weighted by Crippen LogP contribution is 2.30. The number of hydrogen-bond donors (Lipinski definition) is 4. The third-order valence-corrected chi connectivity index (χ3v) is 6.00. The number of aromatic hydroxyl groups is 1. The van der Waals surface area contributed by atoms with Gasteiger partial charge in [-0.3, -0.25) is 4.72 Å². The summed E-state index contributed by atoms with van der Waals surface area (Å²) in [6.07, 6.45) is 2.08. The smallest absolute Gasteiger partial charge is 0.262 e. The first kappa shape index (κ1) is 21.2. The Kier molecular flexibility index (Phi) is 6.78. The van der Waals surface area contributed by atoms with Gasteiger partial charge in [0.1, 0.15) is 11.5 Å². The first-order valence-corrected chi connectivity index (χ1v) is 10.9. The molecule has 1 atom stereocenters. The van der Waals surface area contributed by atoms with E-state index in [-0.39, 0.29) is 27.5 Å². The lowest BCUT2D eigenvalue weighted by molar-refractivity contribution is 0.114. The number of nitrogens with one attached hydrogen (secondary N) is 3. The van der Waals surface area contributed by atoms with E-state index in [4.69, 9.17) is 21.7 Å². The molecule has 4 N–H and O–H groups in total. The number of phenols is 1. The van der Waals surface area contributed by atoms with Gasteiger partial charge >= 0.3 is 0 Å². The van der Waals surface area contributed by atoms with Crippen LogP contribution in [0.25, 0.3) is 0 Å². The van der Waals surface area contributed by atoms with Gasteiger partial charge in [-0.15, -0.1) is 0 Å². The van der Waals surface area contributed by atoms with E-state index >= 15 is 0 Å². The van der Waals surface area contributed by atoms with Gasteiger partial charge in [0.2, 0.25) is 0 Å². The summed E-state index contributed by atoms with van der Waals surface area (Å²) >= 11 is 5.23. The predicted molar refractivity (Wildman–Crippen MR) is 115 cm³/mol. The highest BCUT2D eigenvalue weighted by atomic mass is 32.2. The van der Waals surface area contributed by atoms with Crippen LogP contribution in [0.3, 0.4) is 0 Å². The summed E-state index contributed by atoms with van der Waals surface area (Å²) in [7, 11) is -2.45. The molecule has 0 aliphatic carbocycles. The minimum absolute atomic E-state index is 0.0365. The van der Waals surface area contributed by atoms with Gasteiger partial charge in [0.25, 0.3) is 10.0 Å². The molecule has 1 heterocycles. The summed E-state index contributed by atoms with van der Waals surface area (Å²) in [6, 6.07) is 10.6. The van der Waals surface area contributed by atoms with Crippen LogP contribution in [0.4, 0.5) is 11.4 Å². The summed E-state index contributed by atoms with van der Waals surface area (Å²) < 4.78 is 38.7. The molecule has 1 fully saturated rings. The average Bonchev–Trinajstić information content (AvgIpc) is 3.22. The van der Waals surface area contributed by atoms with E-state index in [0.717, 1.165) is 19.4 Å². The molecule has 0 saturated carbocycles. The number of hydrogen-bond acceptors (Lipinski definition) is 6. The van der Waals surface area contributed by atoms with Crippen LogP contribution in [0.2, 0.25) is 0 Å². The van der Waals surface area contributed by atoms with Crippen LogP contribution >= 0.6 is 12.2 Å². The summed E-state index contributed by atoms with van der Waals surface area (Å²) in [5.41, 5.74) is 0.490. The van der Waals surface area contributed by atoms with Crippen LogP contribution in [-0.2, 0) is 14.8 Å². The monoisotopic (exact) mass is 437 g/mol. The van der Waals surface area contributed by atoms with Crippen LogP contribution in [0.1, 0.15) is 12.8 Å². The van der Waals surface area contributed by atoms with E-state index in [9.17, 15) is 13.5 Å². The van der Waals surface area contributed by atoms with E-state index in [1.165, 1.54) is 25.3 Å². The Labute approximate surface area is 175 Å². The Morgan fingerprint density at radius 3 is 2.79 bits per heavy atom. The maximum atomic E-state index is 12.8. The molecule has 1 aliphatic heterocycles. The number of phenolic OH excluding ortho intramolecular Hbond substituents is 1. The standard InChI is InChI=1S/C19H23N3O5S2/c1-26-18-7-3-2-6-15(18)22-29(24,25)14-8-9-17(23)16(11-14)21-19(28)20-12-13-5-4-10-27-13/h2-3,6-9,11,13,22-23H,4-5,10,12H2,1H3,(H2,20,21,28)/t13-/m1/s1. The predicted octanol–water partition coefficient (Wildman–Crippen LogP) is 2.67. The minimum Gasteiger partial charge on any atom is -0.506 e. The van der Waals surface area contributed by atoms with Crippen LogP contribution in [0.15, 0.2) is 47.4 Å². The lowest BCUT2D eigenvalue weighted by Gasteiger charge is -2.16. The van der Waals surface area contributed by atoms with Gasteiger partial charge in [-0.2, -0.15) is 0 Å². The number of rotatable bonds is 7. The molecule has 156 valence electrons. The second kappa shape index (κ2) is 9.29. The fraction of sp³-hybridized carbons (Fsp3) is 0.316. The van der Waals surface area contributed by atoms with E-state index in [1.54, 1.807) is 24.3 Å². The van der Waals surface area contributed by atoms with Gasteiger partial charge in [-0.25, -0.2) is 8.42 Å². The lowest BCUT2D eigenvalue weighted by Crippen LogP contribution is -2.34. The molecule has 1 aliphatic rings. The molecule has 8 nitrogen and oxygen atoms in total. The van der Waals surface area contributed by atoms with Crippen LogP contribution < -0.4 is 20.1 Å². The Morgan fingerprint density at radius 1 is 1.28 bits per heavy atom. The molecule has 0 spiro atoms. The Balaban J connectivity index is 1.72. The van der Waals surface area contributed by atoms with Crippen molar-refractivity contribution in [2.24, 2.45) is 0 Å². The highest BCUT2D eigenvalue weighted by Gasteiger charge is 2.19. The number of thiocarbonyl (C=S) groups is 1. The first-order valence-electron chi connectivity index (χ1n) is 9.04. The average molecular weight is 438 g/mol. The quantitative estimate of drug-likeness (QED) is 0.387. The molecule has 2 aromatic rings. The van der Waals surface area contributed by atoms with Crippen LogP contribution in [0, 0.1) is 0 Å². The Bertz CT molecular complexity index is 976. The number of methoxy groups -OCH3 is 1. The Morgan fingerprint density at radius 2 is 2.07 bits per heavy atom. The zero-order chi connectivity index (χ0) is 20.9. The van der Waals surface area contributed by atoms with Crippen molar-refractivity contribution < 1.29 is 23.0 Å². The van der Waals surface area contributed by atoms with Crippen molar-refractivity contribution in [3.63, 3.8) is 0 Å². The van der Waals surface area contributed by atoms with Crippen molar-refractivity contribution in [1.82, 2.24) is 5.32 Å². The van der Waals surface area contributed by atoms with Gasteiger partial charge in [0, 0.05) is 13.2 Å². The minimum atomic E-state index is -3.91. The molecule has 10 heteroatoms. The van der Waals surface area contributed by atoms with Gasteiger partial charge in [-0.1, -0.05) is 12.1 Å². The summed E-state index contributed by atoms with van der Waals surface area (Å²) in [6.45, 7) is 1.28. The van der Waals surface area contributed by atoms with Crippen molar-refractivity contribution in [2.75, 3.05) is 30.3 Å². The molecule has 1 saturated heterocycles.